The van der Waals surface area contributed by atoms with E-state index in [1.165, 1.54) is 5.32 Å². The van der Waals surface area contributed by atoms with Crippen LogP contribution in [0.2, 0.25) is 0 Å². The SMILES string of the molecule is CC(NC(=O)NCCCS(C)(=O)=O)(C(=O)O)C(F)(F)F. The summed E-state index contributed by atoms with van der Waals surface area (Å²) in [5, 5.41) is 11.8. The molecule has 0 saturated heterocycles. The Morgan fingerprint density at radius 1 is 1.25 bits per heavy atom. The van der Waals surface area contributed by atoms with Gasteiger partial charge in [0, 0.05) is 12.8 Å². The lowest BCUT2D eigenvalue weighted by atomic mass is 10.0. The van der Waals surface area contributed by atoms with Crippen molar-refractivity contribution in [3.8, 4) is 0 Å². The number of nitrogens with one attached hydrogen (secondary N) is 2. The van der Waals surface area contributed by atoms with Gasteiger partial charge in [0.05, 0.1) is 5.75 Å². The first-order valence-corrected chi connectivity index (χ1v) is 7.39. The van der Waals surface area contributed by atoms with E-state index in [0.717, 1.165) is 6.26 Å². The Morgan fingerprint density at radius 3 is 2.10 bits per heavy atom. The van der Waals surface area contributed by atoms with Gasteiger partial charge in [0.15, 0.2) is 0 Å². The highest BCUT2D eigenvalue weighted by Crippen LogP contribution is 2.30. The molecule has 20 heavy (non-hydrogen) atoms. The number of rotatable bonds is 6. The van der Waals surface area contributed by atoms with Crippen molar-refractivity contribution in [2.24, 2.45) is 0 Å². The molecule has 0 bridgehead atoms. The van der Waals surface area contributed by atoms with Crippen molar-refractivity contribution in [1.29, 1.82) is 0 Å². The zero-order valence-corrected chi connectivity index (χ0v) is 11.6. The van der Waals surface area contributed by atoms with E-state index < -0.39 is 33.6 Å². The third kappa shape index (κ3) is 5.63. The van der Waals surface area contributed by atoms with Crippen molar-refractivity contribution in [3.05, 3.63) is 0 Å². The van der Waals surface area contributed by atoms with Gasteiger partial charge in [-0.25, -0.2) is 18.0 Å². The number of urea groups is 1. The van der Waals surface area contributed by atoms with Crippen LogP contribution in [0, 0.1) is 0 Å². The fourth-order valence-corrected chi connectivity index (χ4v) is 1.72. The summed E-state index contributed by atoms with van der Waals surface area (Å²) >= 11 is 0. The maximum absolute atomic E-state index is 12.6. The number of hydrogen-bond donors (Lipinski definition) is 3. The van der Waals surface area contributed by atoms with Crippen LogP contribution < -0.4 is 10.6 Å². The van der Waals surface area contributed by atoms with Crippen molar-refractivity contribution in [3.63, 3.8) is 0 Å². The van der Waals surface area contributed by atoms with E-state index in [0.29, 0.717) is 6.92 Å². The molecular weight excluding hydrogens is 305 g/mol. The molecule has 1 atom stereocenters. The third-order valence-electron chi connectivity index (χ3n) is 2.34. The number of hydrogen-bond acceptors (Lipinski definition) is 4. The Labute approximate surface area is 113 Å². The number of carbonyl (C=O) groups excluding carboxylic acids is 1. The molecule has 0 fully saturated rings. The number of carboxylic acids is 1. The van der Waals surface area contributed by atoms with E-state index >= 15 is 0 Å². The molecule has 0 heterocycles. The van der Waals surface area contributed by atoms with Crippen molar-refractivity contribution < 1.29 is 36.3 Å². The van der Waals surface area contributed by atoms with Gasteiger partial charge in [-0.3, -0.25) is 0 Å². The predicted octanol–water partition coefficient (Wildman–Crippen LogP) is 0.126. The van der Waals surface area contributed by atoms with Crippen LogP contribution in [0.1, 0.15) is 13.3 Å². The Balaban J connectivity index is 4.48. The summed E-state index contributed by atoms with van der Waals surface area (Å²) in [5.74, 6) is -2.50. The number of alkyl halides is 3. The number of amides is 2. The smallest absolute Gasteiger partial charge is 0.422 e. The molecule has 0 aromatic carbocycles. The average molecular weight is 320 g/mol. The number of carbonyl (C=O) groups is 2. The van der Waals surface area contributed by atoms with Gasteiger partial charge in [0.2, 0.25) is 5.54 Å². The molecule has 0 aliphatic carbocycles. The summed E-state index contributed by atoms with van der Waals surface area (Å²) in [4.78, 5) is 21.8. The Bertz CT molecular complexity index is 476. The van der Waals surface area contributed by atoms with E-state index in [-0.39, 0.29) is 18.7 Å². The number of sulfone groups is 1. The van der Waals surface area contributed by atoms with Crippen LogP contribution in [0.4, 0.5) is 18.0 Å². The van der Waals surface area contributed by atoms with E-state index in [9.17, 15) is 31.2 Å². The van der Waals surface area contributed by atoms with E-state index in [1.54, 1.807) is 0 Å². The molecule has 0 aromatic rings. The van der Waals surface area contributed by atoms with Gasteiger partial charge < -0.3 is 15.7 Å². The first-order chi connectivity index (χ1) is 8.79. The zero-order chi connectivity index (χ0) is 16.2. The van der Waals surface area contributed by atoms with Gasteiger partial charge in [-0.2, -0.15) is 13.2 Å². The quantitative estimate of drug-likeness (QED) is 0.602. The van der Waals surface area contributed by atoms with E-state index in [2.05, 4.69) is 0 Å². The second-order valence-electron chi connectivity index (χ2n) is 4.29. The van der Waals surface area contributed by atoms with Crippen molar-refractivity contribution in [2.75, 3.05) is 18.6 Å². The lowest BCUT2D eigenvalue weighted by Gasteiger charge is -2.28. The molecule has 0 radical (unpaired) electrons. The summed E-state index contributed by atoms with van der Waals surface area (Å²) in [5.41, 5.74) is -3.42. The van der Waals surface area contributed by atoms with E-state index in [1.807, 2.05) is 5.32 Å². The molecule has 0 spiro atoms. The fraction of sp³-hybridized carbons (Fsp3) is 0.778. The van der Waals surface area contributed by atoms with Crippen LogP contribution in [0.25, 0.3) is 0 Å². The summed E-state index contributed by atoms with van der Waals surface area (Å²) in [7, 11) is -3.24. The first-order valence-electron chi connectivity index (χ1n) is 5.33. The van der Waals surface area contributed by atoms with Crippen molar-refractivity contribution >= 4 is 21.8 Å². The summed E-state index contributed by atoms with van der Waals surface area (Å²) in [6, 6.07) is -1.35. The van der Waals surface area contributed by atoms with Gasteiger partial charge in [0.25, 0.3) is 0 Å². The number of carboxylic acid groups (broad SMARTS) is 1. The molecule has 0 aliphatic heterocycles. The zero-order valence-electron chi connectivity index (χ0n) is 10.7. The summed E-state index contributed by atoms with van der Waals surface area (Å²) in [6.45, 7) is 0.109. The lowest BCUT2D eigenvalue weighted by Crippen LogP contribution is -2.63. The van der Waals surface area contributed by atoms with Crippen LogP contribution in [0.5, 0.6) is 0 Å². The normalized spacial score (nSPS) is 15.2. The minimum absolute atomic E-state index is 0.00204. The van der Waals surface area contributed by atoms with Gasteiger partial charge in [-0.1, -0.05) is 0 Å². The molecule has 1 unspecified atom stereocenters. The Morgan fingerprint density at radius 2 is 1.75 bits per heavy atom. The molecule has 118 valence electrons. The third-order valence-corrected chi connectivity index (χ3v) is 3.37. The van der Waals surface area contributed by atoms with Crippen molar-refractivity contribution in [1.82, 2.24) is 10.6 Å². The van der Waals surface area contributed by atoms with Crippen LogP contribution in [-0.2, 0) is 14.6 Å². The second-order valence-corrected chi connectivity index (χ2v) is 6.55. The van der Waals surface area contributed by atoms with Gasteiger partial charge >= 0.3 is 18.2 Å². The Kier molecular flexibility index (Phi) is 5.81. The predicted molar refractivity (Wildman–Crippen MR) is 63.0 cm³/mol. The van der Waals surface area contributed by atoms with Gasteiger partial charge in [-0.15, -0.1) is 0 Å². The molecule has 0 saturated carbocycles. The fourth-order valence-electron chi connectivity index (χ4n) is 1.05. The minimum atomic E-state index is -5.18. The van der Waals surface area contributed by atoms with Crippen molar-refractivity contribution in [2.45, 2.75) is 25.1 Å². The topological polar surface area (TPSA) is 113 Å². The minimum Gasteiger partial charge on any atom is -0.479 e. The van der Waals surface area contributed by atoms with Crippen LogP contribution >= 0.6 is 0 Å². The monoisotopic (exact) mass is 320 g/mol. The number of aliphatic carboxylic acids is 1. The van der Waals surface area contributed by atoms with Crippen LogP contribution in [-0.4, -0.2) is 55.8 Å². The molecule has 0 aliphatic rings. The highest BCUT2D eigenvalue weighted by atomic mass is 32.2. The molecule has 3 N–H and O–H groups in total. The maximum atomic E-state index is 12.6. The molecular formula is C9H15F3N2O5S. The highest BCUT2D eigenvalue weighted by Gasteiger charge is 2.58. The molecule has 2 amide bonds. The average Bonchev–Trinajstić information content (AvgIpc) is 2.21. The first kappa shape index (κ1) is 18.5. The molecule has 0 rings (SSSR count). The summed E-state index contributed by atoms with van der Waals surface area (Å²) in [6.07, 6.45) is -4.21. The molecule has 11 heteroatoms. The largest absolute Gasteiger partial charge is 0.479 e. The molecule has 7 nitrogen and oxygen atoms in total. The Hall–Kier alpha value is -1.52. The van der Waals surface area contributed by atoms with E-state index in [4.69, 9.17) is 5.11 Å². The van der Waals surface area contributed by atoms with Gasteiger partial charge in [-0.05, 0) is 13.3 Å². The maximum Gasteiger partial charge on any atom is 0.422 e. The van der Waals surface area contributed by atoms with Crippen LogP contribution in [0.3, 0.4) is 0 Å². The second kappa shape index (κ2) is 6.29. The van der Waals surface area contributed by atoms with Gasteiger partial charge in [0.1, 0.15) is 9.84 Å². The number of halogens is 3. The lowest BCUT2D eigenvalue weighted by molar-refractivity contribution is -0.203. The highest BCUT2D eigenvalue weighted by molar-refractivity contribution is 7.90. The van der Waals surface area contributed by atoms with Crippen LogP contribution in [0.15, 0.2) is 0 Å². The molecule has 0 aromatic heterocycles. The summed E-state index contributed by atoms with van der Waals surface area (Å²) < 4.78 is 59.2. The standard InChI is InChI=1S/C9H15F3N2O5S/c1-8(6(15)16,9(10,11)12)14-7(17)13-4-3-5-20(2,18)19/h3-5H2,1-2H3,(H,15,16)(H2,13,14,17).